The van der Waals surface area contributed by atoms with Gasteiger partial charge in [-0.15, -0.1) is 5.10 Å². The lowest BCUT2D eigenvalue weighted by Crippen LogP contribution is -2.32. The number of para-hydroxylation sites is 1. The molecule has 7 nitrogen and oxygen atoms in total. The van der Waals surface area contributed by atoms with Crippen LogP contribution >= 0.6 is 0 Å². The Hall–Kier alpha value is -2.48. The number of rotatable bonds is 6. The van der Waals surface area contributed by atoms with Crippen molar-refractivity contribution in [3.63, 3.8) is 0 Å². The number of carbonyl (C=O) groups excluding carboxylic acids is 1. The van der Waals surface area contributed by atoms with Gasteiger partial charge in [0.25, 0.3) is 5.91 Å². The zero-order valence-electron chi connectivity index (χ0n) is 15.1. The molecule has 1 aromatic heterocycles. The van der Waals surface area contributed by atoms with E-state index in [-0.39, 0.29) is 24.3 Å². The number of benzene rings is 1. The second kappa shape index (κ2) is 8.27. The van der Waals surface area contributed by atoms with E-state index in [2.05, 4.69) is 15.6 Å². The molecule has 1 fully saturated rings. The van der Waals surface area contributed by atoms with Crippen LogP contribution in [0.3, 0.4) is 0 Å². The minimum Gasteiger partial charge on any atom is -0.489 e. The van der Waals surface area contributed by atoms with E-state index >= 15 is 0 Å². The monoisotopic (exact) mass is 361 g/mol. The largest absolute Gasteiger partial charge is 0.489 e. The number of aromatic nitrogens is 3. The molecule has 26 heavy (non-hydrogen) atoms. The van der Waals surface area contributed by atoms with Crippen LogP contribution in [0.5, 0.6) is 5.75 Å². The first-order chi connectivity index (χ1) is 12.6. The lowest BCUT2D eigenvalue weighted by atomic mass is 10.1. The van der Waals surface area contributed by atoms with E-state index in [9.17, 15) is 9.18 Å². The van der Waals surface area contributed by atoms with Gasteiger partial charge in [-0.1, -0.05) is 17.3 Å². The Labute approximate surface area is 152 Å². The molecule has 2 heterocycles. The first kappa shape index (κ1) is 18.3. The molecule has 140 valence electrons. The van der Waals surface area contributed by atoms with E-state index in [1.54, 1.807) is 25.2 Å². The third-order valence-electron chi connectivity index (χ3n) is 4.65. The highest BCUT2D eigenvalue weighted by Gasteiger charge is 2.24. The summed E-state index contributed by atoms with van der Waals surface area (Å²) in [6.07, 6.45) is 1.95. The Kier molecular flexibility index (Phi) is 5.82. The van der Waals surface area contributed by atoms with E-state index in [0.29, 0.717) is 12.2 Å². The molecule has 1 aliphatic heterocycles. The highest BCUT2D eigenvalue weighted by molar-refractivity contribution is 5.93. The van der Waals surface area contributed by atoms with Crippen LogP contribution in [0.1, 0.15) is 35.1 Å². The van der Waals surface area contributed by atoms with Gasteiger partial charge in [-0.05, 0) is 45.0 Å². The number of hydrogen-bond donors (Lipinski definition) is 1. The predicted octanol–water partition coefficient (Wildman–Crippen LogP) is 1.80. The minimum atomic E-state index is -0.415. The molecule has 1 N–H and O–H groups in total. The molecular weight excluding hydrogens is 337 g/mol. The number of piperidine rings is 1. The van der Waals surface area contributed by atoms with E-state index in [1.165, 1.54) is 11.0 Å². The summed E-state index contributed by atoms with van der Waals surface area (Å²) < 4.78 is 20.8. The highest BCUT2D eigenvalue weighted by atomic mass is 19.1. The summed E-state index contributed by atoms with van der Waals surface area (Å²) >= 11 is 0. The molecule has 1 aliphatic rings. The van der Waals surface area contributed by atoms with Gasteiger partial charge in [-0.3, -0.25) is 4.79 Å². The molecule has 0 unspecified atom stereocenters. The third kappa shape index (κ3) is 4.01. The van der Waals surface area contributed by atoms with Crippen molar-refractivity contribution in [2.75, 3.05) is 33.3 Å². The normalized spacial score (nSPS) is 15.0. The van der Waals surface area contributed by atoms with Crippen LogP contribution in [0.2, 0.25) is 0 Å². The van der Waals surface area contributed by atoms with E-state index < -0.39 is 5.82 Å². The van der Waals surface area contributed by atoms with Crippen LogP contribution in [0, 0.1) is 12.7 Å². The molecular formula is C18H24FN5O2. The fourth-order valence-corrected chi connectivity index (χ4v) is 3.07. The molecule has 0 spiro atoms. The summed E-state index contributed by atoms with van der Waals surface area (Å²) in [6, 6.07) is 6.49. The van der Waals surface area contributed by atoms with Crippen LogP contribution in [0.4, 0.5) is 4.39 Å². The SMILES string of the molecule is Cc1c(C(=O)N(C)CCOc2ccccc2F)nnn1C1CCNCC1. The quantitative estimate of drug-likeness (QED) is 0.849. The zero-order valence-corrected chi connectivity index (χ0v) is 15.1. The van der Waals surface area contributed by atoms with Crippen LogP contribution < -0.4 is 10.1 Å². The van der Waals surface area contributed by atoms with Crippen molar-refractivity contribution in [3.05, 3.63) is 41.5 Å². The van der Waals surface area contributed by atoms with Crippen LogP contribution in [-0.2, 0) is 0 Å². The minimum absolute atomic E-state index is 0.182. The number of halogens is 1. The molecule has 1 aromatic carbocycles. The summed E-state index contributed by atoms with van der Waals surface area (Å²) in [5, 5.41) is 11.6. The molecule has 0 atom stereocenters. The fraction of sp³-hybridized carbons (Fsp3) is 0.500. The van der Waals surface area contributed by atoms with Gasteiger partial charge in [-0.2, -0.15) is 0 Å². The smallest absolute Gasteiger partial charge is 0.276 e. The summed E-state index contributed by atoms with van der Waals surface area (Å²) in [7, 11) is 1.68. The molecule has 1 amide bonds. The Bertz CT molecular complexity index is 758. The van der Waals surface area contributed by atoms with Crippen molar-refractivity contribution in [1.82, 2.24) is 25.2 Å². The lowest BCUT2D eigenvalue weighted by molar-refractivity contribution is 0.0766. The number of nitrogens with one attached hydrogen (secondary N) is 1. The van der Waals surface area contributed by atoms with Crippen LogP contribution in [0.25, 0.3) is 0 Å². The second-order valence-corrected chi connectivity index (χ2v) is 6.45. The standard InChI is InChI=1S/C18H24FN5O2/c1-13-17(21-22-24(13)14-7-9-20-10-8-14)18(25)23(2)11-12-26-16-6-4-3-5-15(16)19/h3-6,14,20H,7-12H2,1-2H3. The van der Waals surface area contributed by atoms with Crippen molar-refractivity contribution < 1.29 is 13.9 Å². The van der Waals surface area contributed by atoms with Gasteiger partial charge in [0.2, 0.25) is 0 Å². The number of likely N-dealkylation sites (N-methyl/N-ethyl adjacent to an activating group) is 1. The number of amides is 1. The maximum Gasteiger partial charge on any atom is 0.276 e. The molecule has 0 radical (unpaired) electrons. The summed E-state index contributed by atoms with van der Waals surface area (Å²) in [4.78, 5) is 14.2. The van der Waals surface area contributed by atoms with Crippen molar-refractivity contribution in [2.24, 2.45) is 0 Å². The average Bonchev–Trinajstić information content (AvgIpc) is 3.04. The Morgan fingerprint density at radius 2 is 2.12 bits per heavy atom. The fourth-order valence-electron chi connectivity index (χ4n) is 3.07. The van der Waals surface area contributed by atoms with E-state index in [4.69, 9.17) is 4.74 Å². The molecule has 2 aromatic rings. The molecule has 3 rings (SSSR count). The van der Waals surface area contributed by atoms with Gasteiger partial charge >= 0.3 is 0 Å². The number of nitrogens with zero attached hydrogens (tertiary/aromatic N) is 4. The molecule has 8 heteroatoms. The van der Waals surface area contributed by atoms with Gasteiger partial charge in [0.05, 0.1) is 18.3 Å². The van der Waals surface area contributed by atoms with Crippen molar-refractivity contribution in [3.8, 4) is 5.75 Å². The van der Waals surface area contributed by atoms with Gasteiger partial charge in [0.1, 0.15) is 6.61 Å². The van der Waals surface area contributed by atoms with Gasteiger partial charge in [0.15, 0.2) is 17.3 Å². The predicted molar refractivity (Wildman–Crippen MR) is 94.8 cm³/mol. The molecule has 0 saturated carbocycles. The Morgan fingerprint density at radius 1 is 1.38 bits per heavy atom. The van der Waals surface area contributed by atoms with E-state index in [1.807, 2.05) is 11.6 Å². The van der Waals surface area contributed by atoms with Gasteiger partial charge in [-0.25, -0.2) is 9.07 Å². The average molecular weight is 361 g/mol. The van der Waals surface area contributed by atoms with Gasteiger partial charge < -0.3 is 15.0 Å². The topological polar surface area (TPSA) is 72.3 Å². The van der Waals surface area contributed by atoms with E-state index in [0.717, 1.165) is 31.6 Å². The number of hydrogen-bond acceptors (Lipinski definition) is 5. The first-order valence-electron chi connectivity index (χ1n) is 8.83. The van der Waals surface area contributed by atoms with Crippen molar-refractivity contribution >= 4 is 5.91 Å². The zero-order chi connectivity index (χ0) is 18.5. The van der Waals surface area contributed by atoms with Crippen molar-refractivity contribution in [1.29, 1.82) is 0 Å². The Balaban J connectivity index is 1.58. The van der Waals surface area contributed by atoms with Gasteiger partial charge in [0, 0.05) is 7.05 Å². The maximum absolute atomic E-state index is 13.5. The third-order valence-corrected chi connectivity index (χ3v) is 4.65. The maximum atomic E-state index is 13.5. The molecule has 1 saturated heterocycles. The summed E-state index contributed by atoms with van der Waals surface area (Å²) in [6.45, 7) is 4.29. The molecule has 0 aliphatic carbocycles. The first-order valence-corrected chi connectivity index (χ1v) is 8.83. The lowest BCUT2D eigenvalue weighted by Gasteiger charge is -2.23. The van der Waals surface area contributed by atoms with Crippen LogP contribution in [0.15, 0.2) is 24.3 Å². The number of ether oxygens (including phenoxy) is 1. The second-order valence-electron chi connectivity index (χ2n) is 6.45. The number of carbonyl (C=O) groups is 1. The Morgan fingerprint density at radius 3 is 2.85 bits per heavy atom. The highest BCUT2D eigenvalue weighted by Crippen LogP contribution is 2.21. The molecule has 0 bridgehead atoms. The summed E-state index contributed by atoms with van der Waals surface area (Å²) in [5.74, 6) is -0.441. The van der Waals surface area contributed by atoms with Crippen molar-refractivity contribution in [2.45, 2.75) is 25.8 Å². The van der Waals surface area contributed by atoms with Crippen LogP contribution in [-0.4, -0.2) is 59.1 Å². The summed E-state index contributed by atoms with van der Waals surface area (Å²) in [5.41, 5.74) is 1.14.